The van der Waals surface area contributed by atoms with Crippen molar-refractivity contribution in [3.05, 3.63) is 40.6 Å². The molecule has 0 saturated carbocycles. The fraction of sp³-hybridized carbons (Fsp3) is 0.100. The number of aromatic nitrogens is 2. The minimum Gasteiger partial charge on any atom is -0.388 e. The molecular formula is C10H10N4S2. The monoisotopic (exact) mass is 250 g/mol. The van der Waals surface area contributed by atoms with Crippen LogP contribution in [0.25, 0.3) is 0 Å². The van der Waals surface area contributed by atoms with Gasteiger partial charge in [0.1, 0.15) is 4.99 Å². The van der Waals surface area contributed by atoms with Crippen LogP contribution in [0.15, 0.2) is 30.0 Å². The Kier molecular flexibility index (Phi) is 3.43. The van der Waals surface area contributed by atoms with Crippen LogP contribution in [0, 0.1) is 0 Å². The van der Waals surface area contributed by atoms with Crippen LogP contribution in [-0.4, -0.2) is 15.0 Å². The molecule has 0 saturated heterocycles. The average molecular weight is 250 g/mol. The summed E-state index contributed by atoms with van der Waals surface area (Å²) in [6.07, 6.45) is 3.52. The van der Waals surface area contributed by atoms with Crippen LogP contribution in [0.4, 0.5) is 5.69 Å². The zero-order valence-corrected chi connectivity index (χ0v) is 10.0. The number of thiazole rings is 1. The van der Waals surface area contributed by atoms with E-state index in [-0.39, 0.29) is 0 Å². The first kappa shape index (κ1) is 11.0. The highest BCUT2D eigenvalue weighted by atomic mass is 32.1. The standard InChI is InChI=1S/C10H10N4S2/c11-10(15)9-3-7(1-2-13-9)14-5-8-4-12-6-16-8/h1-4,6H,5H2,(H2,11,15)(H,13,14). The van der Waals surface area contributed by atoms with Gasteiger partial charge in [0, 0.05) is 23.0 Å². The fourth-order valence-corrected chi connectivity index (χ4v) is 1.84. The van der Waals surface area contributed by atoms with E-state index in [9.17, 15) is 0 Å². The minimum absolute atomic E-state index is 0.307. The molecule has 0 radical (unpaired) electrons. The summed E-state index contributed by atoms with van der Waals surface area (Å²) >= 11 is 6.48. The van der Waals surface area contributed by atoms with Gasteiger partial charge in [-0.1, -0.05) is 12.2 Å². The Morgan fingerprint density at radius 3 is 3.12 bits per heavy atom. The van der Waals surface area contributed by atoms with Gasteiger partial charge in [-0.15, -0.1) is 11.3 Å². The van der Waals surface area contributed by atoms with E-state index in [4.69, 9.17) is 18.0 Å². The van der Waals surface area contributed by atoms with Crippen LogP contribution in [0.1, 0.15) is 10.6 Å². The molecule has 0 unspecified atom stereocenters. The molecule has 0 spiro atoms. The molecule has 4 nitrogen and oxygen atoms in total. The number of rotatable bonds is 4. The average Bonchev–Trinajstić information content (AvgIpc) is 2.79. The lowest BCUT2D eigenvalue weighted by Gasteiger charge is -2.05. The quantitative estimate of drug-likeness (QED) is 0.810. The van der Waals surface area contributed by atoms with Crippen molar-refractivity contribution in [2.45, 2.75) is 6.54 Å². The normalized spacial score (nSPS) is 10.0. The summed E-state index contributed by atoms with van der Waals surface area (Å²) in [4.78, 5) is 9.56. The summed E-state index contributed by atoms with van der Waals surface area (Å²) < 4.78 is 0. The van der Waals surface area contributed by atoms with Crippen molar-refractivity contribution in [1.29, 1.82) is 0 Å². The lowest BCUT2D eigenvalue weighted by Crippen LogP contribution is -2.11. The predicted molar refractivity (Wildman–Crippen MR) is 69.6 cm³/mol. The van der Waals surface area contributed by atoms with E-state index in [1.54, 1.807) is 17.5 Å². The van der Waals surface area contributed by atoms with E-state index in [1.165, 1.54) is 4.88 Å². The van der Waals surface area contributed by atoms with E-state index in [0.29, 0.717) is 10.7 Å². The van der Waals surface area contributed by atoms with Crippen molar-refractivity contribution in [3.63, 3.8) is 0 Å². The maximum Gasteiger partial charge on any atom is 0.122 e. The van der Waals surface area contributed by atoms with E-state index in [1.807, 2.05) is 23.8 Å². The molecule has 0 amide bonds. The van der Waals surface area contributed by atoms with Gasteiger partial charge < -0.3 is 11.1 Å². The summed E-state index contributed by atoms with van der Waals surface area (Å²) in [5.41, 5.74) is 8.90. The Morgan fingerprint density at radius 2 is 2.44 bits per heavy atom. The molecule has 2 aromatic heterocycles. The number of nitrogens with one attached hydrogen (secondary N) is 1. The molecule has 82 valence electrons. The van der Waals surface area contributed by atoms with Gasteiger partial charge in [0.25, 0.3) is 0 Å². The van der Waals surface area contributed by atoms with Gasteiger partial charge in [0.05, 0.1) is 17.7 Å². The van der Waals surface area contributed by atoms with Gasteiger partial charge in [-0.2, -0.15) is 0 Å². The lowest BCUT2D eigenvalue weighted by molar-refractivity contribution is 1.16. The summed E-state index contributed by atoms with van der Waals surface area (Å²) in [6.45, 7) is 0.742. The first-order chi connectivity index (χ1) is 7.75. The number of anilines is 1. The van der Waals surface area contributed by atoms with Gasteiger partial charge in [-0.25, -0.2) is 0 Å². The highest BCUT2D eigenvalue weighted by molar-refractivity contribution is 7.80. The van der Waals surface area contributed by atoms with Crippen molar-refractivity contribution in [3.8, 4) is 0 Å². The minimum atomic E-state index is 0.307. The predicted octanol–water partition coefficient (Wildman–Crippen LogP) is 1.78. The third kappa shape index (κ3) is 2.74. The molecule has 2 rings (SSSR count). The van der Waals surface area contributed by atoms with Crippen LogP contribution < -0.4 is 11.1 Å². The second-order valence-corrected chi connectivity index (χ2v) is 4.53. The van der Waals surface area contributed by atoms with Gasteiger partial charge in [0.15, 0.2) is 0 Å². The molecule has 2 heterocycles. The lowest BCUT2D eigenvalue weighted by atomic mass is 10.3. The highest BCUT2D eigenvalue weighted by Crippen LogP contribution is 2.12. The Hall–Kier alpha value is -1.53. The molecule has 0 aromatic carbocycles. The zero-order chi connectivity index (χ0) is 11.4. The summed E-state index contributed by atoms with van der Waals surface area (Å²) in [5, 5.41) is 3.26. The molecular weight excluding hydrogens is 240 g/mol. The molecule has 0 aliphatic heterocycles. The maximum absolute atomic E-state index is 5.51. The SMILES string of the molecule is NC(=S)c1cc(NCc2cncs2)ccn1. The van der Waals surface area contributed by atoms with E-state index in [2.05, 4.69) is 15.3 Å². The Balaban J connectivity index is 2.04. The molecule has 0 aliphatic carbocycles. The van der Waals surface area contributed by atoms with Gasteiger partial charge >= 0.3 is 0 Å². The number of nitrogens with two attached hydrogens (primary N) is 1. The number of nitrogens with zero attached hydrogens (tertiary/aromatic N) is 2. The van der Waals surface area contributed by atoms with Gasteiger partial charge in [-0.3, -0.25) is 9.97 Å². The number of hydrogen-bond donors (Lipinski definition) is 2. The number of hydrogen-bond acceptors (Lipinski definition) is 5. The molecule has 2 aromatic rings. The van der Waals surface area contributed by atoms with E-state index < -0.39 is 0 Å². The molecule has 0 bridgehead atoms. The van der Waals surface area contributed by atoms with Crippen LogP contribution in [0.2, 0.25) is 0 Å². The van der Waals surface area contributed by atoms with Crippen molar-refractivity contribution < 1.29 is 0 Å². The first-order valence-corrected chi connectivity index (χ1v) is 5.91. The molecule has 0 aliphatic rings. The van der Waals surface area contributed by atoms with Crippen LogP contribution in [0.3, 0.4) is 0 Å². The first-order valence-electron chi connectivity index (χ1n) is 4.63. The molecule has 0 fully saturated rings. The van der Waals surface area contributed by atoms with Crippen molar-refractivity contribution >= 4 is 34.2 Å². The summed E-state index contributed by atoms with van der Waals surface area (Å²) in [6, 6.07) is 3.71. The third-order valence-corrected chi connectivity index (χ3v) is 2.95. The van der Waals surface area contributed by atoms with Crippen LogP contribution in [-0.2, 0) is 6.54 Å². The van der Waals surface area contributed by atoms with Crippen LogP contribution >= 0.6 is 23.6 Å². The number of pyridine rings is 1. The maximum atomic E-state index is 5.51. The largest absolute Gasteiger partial charge is 0.388 e. The Labute approximate surface area is 103 Å². The second-order valence-electron chi connectivity index (χ2n) is 3.12. The molecule has 3 N–H and O–H groups in total. The smallest absolute Gasteiger partial charge is 0.122 e. The summed E-state index contributed by atoms with van der Waals surface area (Å²) in [7, 11) is 0. The third-order valence-electron chi connectivity index (χ3n) is 1.96. The molecule has 6 heteroatoms. The van der Waals surface area contributed by atoms with Crippen LogP contribution in [0.5, 0.6) is 0 Å². The van der Waals surface area contributed by atoms with Gasteiger partial charge in [-0.05, 0) is 12.1 Å². The van der Waals surface area contributed by atoms with Crippen molar-refractivity contribution in [1.82, 2.24) is 9.97 Å². The Morgan fingerprint density at radius 1 is 1.56 bits per heavy atom. The highest BCUT2D eigenvalue weighted by Gasteiger charge is 2.00. The van der Waals surface area contributed by atoms with Crippen molar-refractivity contribution in [2.24, 2.45) is 5.73 Å². The van der Waals surface area contributed by atoms with Crippen molar-refractivity contribution in [2.75, 3.05) is 5.32 Å². The Bertz CT molecular complexity index is 481. The molecule has 0 atom stereocenters. The number of thiocarbonyl (C=S) groups is 1. The summed E-state index contributed by atoms with van der Waals surface area (Å²) in [5.74, 6) is 0. The topological polar surface area (TPSA) is 63.8 Å². The zero-order valence-electron chi connectivity index (χ0n) is 8.38. The van der Waals surface area contributed by atoms with Gasteiger partial charge in [0.2, 0.25) is 0 Å². The van der Waals surface area contributed by atoms with E-state index >= 15 is 0 Å². The second kappa shape index (κ2) is 5.00. The van der Waals surface area contributed by atoms with E-state index in [0.717, 1.165) is 12.2 Å². The molecule has 16 heavy (non-hydrogen) atoms. The fourth-order valence-electron chi connectivity index (χ4n) is 1.19.